The summed E-state index contributed by atoms with van der Waals surface area (Å²) in [4.78, 5) is 0. The van der Waals surface area contributed by atoms with E-state index in [0.29, 0.717) is 23.6 Å². The molecule has 0 fully saturated rings. The molecule has 0 unspecified atom stereocenters. The number of nitrogens with zero attached hydrogens (tertiary/aromatic N) is 1. The van der Waals surface area contributed by atoms with Crippen molar-refractivity contribution in [1.29, 1.82) is 0 Å². The molecule has 2 aromatic rings. The van der Waals surface area contributed by atoms with Crippen LogP contribution in [0.5, 0.6) is 11.5 Å². The molecule has 0 spiro atoms. The molecule has 4 heteroatoms. The lowest BCUT2D eigenvalue weighted by atomic mass is 10.0. The van der Waals surface area contributed by atoms with Gasteiger partial charge < -0.3 is 15.1 Å². The molecule has 0 bridgehead atoms. The first-order valence-corrected chi connectivity index (χ1v) is 10.00. The first-order chi connectivity index (χ1) is 13.3. The summed E-state index contributed by atoms with van der Waals surface area (Å²) in [5.74, 6) is 0.730. The van der Waals surface area contributed by atoms with Crippen molar-refractivity contribution >= 4 is 5.71 Å². The van der Waals surface area contributed by atoms with Crippen molar-refractivity contribution in [2.24, 2.45) is 5.16 Å². The highest BCUT2D eigenvalue weighted by atomic mass is 16.5. The van der Waals surface area contributed by atoms with Crippen molar-refractivity contribution in [3.63, 3.8) is 0 Å². The fourth-order valence-corrected chi connectivity index (χ4v) is 3.08. The molecule has 0 aromatic heterocycles. The van der Waals surface area contributed by atoms with E-state index in [1.807, 2.05) is 30.3 Å². The quantitative estimate of drug-likeness (QED) is 0.204. The van der Waals surface area contributed by atoms with Crippen LogP contribution in [0.25, 0.3) is 0 Å². The fourth-order valence-electron chi connectivity index (χ4n) is 3.08. The average molecular weight is 370 g/mol. The predicted octanol–water partition coefficient (Wildman–Crippen LogP) is 6.14. The van der Waals surface area contributed by atoms with Gasteiger partial charge in [-0.3, -0.25) is 0 Å². The lowest BCUT2D eigenvalue weighted by Crippen LogP contribution is -2.05. The lowest BCUT2D eigenvalue weighted by molar-refractivity contribution is 0.303. The van der Waals surface area contributed by atoms with Crippen LogP contribution in [-0.4, -0.2) is 22.6 Å². The van der Waals surface area contributed by atoms with Gasteiger partial charge in [-0.25, -0.2) is 0 Å². The van der Waals surface area contributed by atoms with Gasteiger partial charge in [-0.2, -0.15) is 0 Å². The summed E-state index contributed by atoms with van der Waals surface area (Å²) in [6, 6.07) is 14.3. The van der Waals surface area contributed by atoms with Crippen molar-refractivity contribution < 1.29 is 15.1 Å². The second kappa shape index (κ2) is 12.0. The molecule has 27 heavy (non-hydrogen) atoms. The van der Waals surface area contributed by atoms with Gasteiger partial charge >= 0.3 is 0 Å². The summed E-state index contributed by atoms with van der Waals surface area (Å²) in [5, 5.41) is 23.0. The third-order valence-corrected chi connectivity index (χ3v) is 4.64. The van der Waals surface area contributed by atoms with Gasteiger partial charge in [-0.15, -0.1) is 0 Å². The number of ether oxygens (including phenoxy) is 1. The van der Waals surface area contributed by atoms with Gasteiger partial charge in [0.2, 0.25) is 0 Å². The molecule has 2 N–H and O–H groups in total. The van der Waals surface area contributed by atoms with Crippen LogP contribution in [0.2, 0.25) is 0 Å². The highest BCUT2D eigenvalue weighted by Crippen LogP contribution is 2.26. The summed E-state index contributed by atoms with van der Waals surface area (Å²) in [7, 11) is 0. The number of phenolic OH excluding ortho intramolecular Hbond substituents is 1. The molecule has 0 saturated heterocycles. The summed E-state index contributed by atoms with van der Waals surface area (Å²) in [6.07, 6.45) is 10.1. The van der Waals surface area contributed by atoms with Crippen molar-refractivity contribution in [2.45, 2.75) is 58.3 Å². The van der Waals surface area contributed by atoms with Crippen molar-refractivity contribution in [2.75, 3.05) is 6.61 Å². The molecule has 0 aliphatic carbocycles. The zero-order chi connectivity index (χ0) is 19.3. The van der Waals surface area contributed by atoms with Crippen molar-refractivity contribution in [3.05, 3.63) is 59.7 Å². The number of aromatic hydroxyl groups is 1. The standard InChI is InChI=1S/C23H31NO3/c1-2-3-4-5-6-7-8-12-17-27-20-15-16-22(25)21(18-20)23(24-26)19-13-10-9-11-14-19/h9-11,13-16,18,25-26H,2-8,12,17H2,1H3/b24-23+. The average Bonchev–Trinajstić information content (AvgIpc) is 2.70. The lowest BCUT2D eigenvalue weighted by Gasteiger charge is -2.11. The molecule has 0 amide bonds. The van der Waals surface area contributed by atoms with Crippen LogP contribution in [-0.2, 0) is 0 Å². The Labute approximate surface area is 162 Å². The number of oxime groups is 1. The van der Waals surface area contributed by atoms with Gasteiger partial charge in [0.25, 0.3) is 0 Å². The Bertz CT molecular complexity index is 698. The Hall–Kier alpha value is -2.49. The number of unbranched alkanes of at least 4 members (excludes halogenated alkanes) is 7. The maximum atomic E-state index is 10.2. The van der Waals surface area contributed by atoms with Crippen LogP contribution in [0.4, 0.5) is 0 Å². The Morgan fingerprint density at radius 2 is 1.56 bits per heavy atom. The van der Waals surface area contributed by atoms with Crippen LogP contribution in [0.1, 0.15) is 69.4 Å². The van der Waals surface area contributed by atoms with Crippen LogP contribution in [0, 0.1) is 0 Å². The summed E-state index contributed by atoms with van der Waals surface area (Å²) in [6.45, 7) is 2.89. The van der Waals surface area contributed by atoms with Gasteiger partial charge in [0.1, 0.15) is 17.2 Å². The summed E-state index contributed by atoms with van der Waals surface area (Å²) in [5.41, 5.74) is 1.51. The van der Waals surface area contributed by atoms with Crippen molar-refractivity contribution in [1.82, 2.24) is 0 Å². The van der Waals surface area contributed by atoms with E-state index < -0.39 is 0 Å². The molecule has 4 nitrogen and oxygen atoms in total. The number of benzene rings is 2. The molecular formula is C23H31NO3. The molecule has 0 saturated carbocycles. The first kappa shape index (κ1) is 20.8. The Kier molecular flexibility index (Phi) is 9.25. The molecule has 0 atom stereocenters. The number of rotatable bonds is 12. The third kappa shape index (κ3) is 6.97. The number of phenols is 1. The Morgan fingerprint density at radius 3 is 2.22 bits per heavy atom. The normalized spacial score (nSPS) is 11.5. The van der Waals surface area contributed by atoms with E-state index in [4.69, 9.17) is 4.74 Å². The third-order valence-electron chi connectivity index (χ3n) is 4.64. The van der Waals surface area contributed by atoms with Crippen LogP contribution in [0.15, 0.2) is 53.7 Å². The van der Waals surface area contributed by atoms with Gasteiger partial charge in [-0.05, 0) is 24.6 Å². The molecule has 0 aliphatic rings. The van der Waals surface area contributed by atoms with Gasteiger partial charge in [0.05, 0.1) is 6.61 Å². The maximum Gasteiger partial charge on any atom is 0.125 e. The second-order valence-electron chi connectivity index (χ2n) is 6.82. The summed E-state index contributed by atoms with van der Waals surface area (Å²) >= 11 is 0. The SMILES string of the molecule is CCCCCCCCCCOc1ccc(O)c(/C(=N/O)c2ccccc2)c1. The molecular weight excluding hydrogens is 338 g/mol. The molecule has 0 heterocycles. The first-order valence-electron chi connectivity index (χ1n) is 10.00. The maximum absolute atomic E-state index is 10.2. The van der Waals surface area contributed by atoms with E-state index in [2.05, 4.69) is 12.1 Å². The predicted molar refractivity (Wildman–Crippen MR) is 110 cm³/mol. The molecule has 2 rings (SSSR count). The Morgan fingerprint density at radius 1 is 0.889 bits per heavy atom. The van der Waals surface area contributed by atoms with Gasteiger partial charge in [0.15, 0.2) is 0 Å². The molecule has 2 aromatic carbocycles. The van der Waals surface area contributed by atoms with Crippen LogP contribution >= 0.6 is 0 Å². The fraction of sp³-hybridized carbons (Fsp3) is 0.435. The van der Waals surface area contributed by atoms with E-state index in [1.165, 1.54) is 44.9 Å². The highest BCUT2D eigenvalue weighted by Gasteiger charge is 2.13. The largest absolute Gasteiger partial charge is 0.507 e. The van der Waals surface area contributed by atoms with E-state index >= 15 is 0 Å². The zero-order valence-corrected chi connectivity index (χ0v) is 16.2. The van der Waals surface area contributed by atoms with Crippen LogP contribution in [0.3, 0.4) is 0 Å². The van der Waals surface area contributed by atoms with Gasteiger partial charge in [-0.1, -0.05) is 87.4 Å². The monoisotopic (exact) mass is 369 g/mol. The van der Waals surface area contributed by atoms with Crippen LogP contribution < -0.4 is 4.74 Å². The minimum atomic E-state index is 0.0612. The van der Waals surface area contributed by atoms with E-state index in [0.717, 1.165) is 12.0 Å². The summed E-state index contributed by atoms with van der Waals surface area (Å²) < 4.78 is 5.83. The molecule has 146 valence electrons. The minimum absolute atomic E-state index is 0.0612. The van der Waals surface area contributed by atoms with E-state index in [-0.39, 0.29) is 5.75 Å². The Balaban J connectivity index is 1.84. The smallest absolute Gasteiger partial charge is 0.125 e. The molecule has 0 aliphatic heterocycles. The van der Waals surface area contributed by atoms with E-state index in [1.54, 1.807) is 18.2 Å². The van der Waals surface area contributed by atoms with Crippen molar-refractivity contribution in [3.8, 4) is 11.5 Å². The highest BCUT2D eigenvalue weighted by molar-refractivity contribution is 6.14. The van der Waals surface area contributed by atoms with Gasteiger partial charge in [0, 0.05) is 11.1 Å². The second-order valence-corrected chi connectivity index (χ2v) is 6.82. The minimum Gasteiger partial charge on any atom is -0.507 e. The topological polar surface area (TPSA) is 62.0 Å². The zero-order valence-electron chi connectivity index (χ0n) is 16.2. The van der Waals surface area contributed by atoms with E-state index in [9.17, 15) is 10.3 Å². The molecule has 0 radical (unpaired) electrons. The number of hydrogen-bond acceptors (Lipinski definition) is 4. The number of hydrogen-bond donors (Lipinski definition) is 2.